The Morgan fingerprint density at radius 1 is 1.21 bits per heavy atom. The molecule has 0 bridgehead atoms. The Morgan fingerprint density at radius 2 is 1.95 bits per heavy atom. The third-order valence-corrected chi connectivity index (χ3v) is 4.22. The molecule has 2 aliphatic rings. The second kappa shape index (κ2) is 5.14. The van der Waals surface area contributed by atoms with Crippen LogP contribution in [0.2, 0.25) is 0 Å². The minimum atomic E-state index is -0.415. The van der Waals surface area contributed by atoms with E-state index in [0.29, 0.717) is 6.42 Å². The molecule has 0 saturated carbocycles. The number of hydrogen-bond donors (Lipinski definition) is 1. The van der Waals surface area contributed by atoms with Gasteiger partial charge in [-0.05, 0) is 24.7 Å². The molecule has 2 fully saturated rings. The van der Waals surface area contributed by atoms with Gasteiger partial charge in [-0.1, -0.05) is 27.2 Å². The van der Waals surface area contributed by atoms with Crippen LogP contribution >= 0.6 is 0 Å². The maximum Gasteiger partial charge on any atom is 0.226 e. The number of likely N-dealkylation sites (tertiary alicyclic amines) is 1. The van der Waals surface area contributed by atoms with Crippen molar-refractivity contribution in [3.05, 3.63) is 0 Å². The first-order valence-electron chi connectivity index (χ1n) is 7.39. The van der Waals surface area contributed by atoms with Crippen molar-refractivity contribution in [2.75, 3.05) is 19.6 Å². The Morgan fingerprint density at radius 3 is 2.58 bits per heavy atom. The maximum absolute atomic E-state index is 12.3. The molecule has 108 valence electrons. The SMILES string of the molecule is CC(C)(C)CN1CCC2(CCCCNC2=O)CC1=O. The zero-order valence-corrected chi connectivity index (χ0v) is 12.4. The first-order chi connectivity index (χ1) is 8.82. The van der Waals surface area contributed by atoms with Crippen molar-refractivity contribution in [2.24, 2.45) is 10.8 Å². The number of carbonyl (C=O) groups is 2. The second-order valence-corrected chi connectivity index (χ2v) is 7.30. The highest BCUT2D eigenvalue weighted by atomic mass is 16.2. The van der Waals surface area contributed by atoms with Gasteiger partial charge in [0, 0.05) is 26.1 Å². The summed E-state index contributed by atoms with van der Waals surface area (Å²) in [4.78, 5) is 26.5. The fourth-order valence-corrected chi connectivity index (χ4v) is 3.20. The summed E-state index contributed by atoms with van der Waals surface area (Å²) < 4.78 is 0. The molecule has 4 nitrogen and oxygen atoms in total. The van der Waals surface area contributed by atoms with E-state index < -0.39 is 5.41 Å². The predicted molar refractivity (Wildman–Crippen MR) is 74.6 cm³/mol. The van der Waals surface area contributed by atoms with E-state index in [1.165, 1.54) is 0 Å². The van der Waals surface area contributed by atoms with E-state index in [1.807, 2.05) is 4.90 Å². The molecular formula is C15H26N2O2. The van der Waals surface area contributed by atoms with Crippen LogP contribution in [0, 0.1) is 10.8 Å². The quantitative estimate of drug-likeness (QED) is 0.788. The highest BCUT2D eigenvalue weighted by molar-refractivity contribution is 5.90. The molecule has 2 saturated heterocycles. The summed E-state index contributed by atoms with van der Waals surface area (Å²) in [5, 5.41) is 2.98. The van der Waals surface area contributed by atoms with Crippen LogP contribution in [-0.4, -0.2) is 36.3 Å². The van der Waals surface area contributed by atoms with Gasteiger partial charge in [0.2, 0.25) is 11.8 Å². The van der Waals surface area contributed by atoms with E-state index in [9.17, 15) is 9.59 Å². The highest BCUT2D eigenvalue weighted by Crippen LogP contribution is 2.39. The Labute approximate surface area is 115 Å². The molecule has 1 unspecified atom stereocenters. The number of rotatable bonds is 1. The van der Waals surface area contributed by atoms with E-state index >= 15 is 0 Å². The van der Waals surface area contributed by atoms with E-state index in [-0.39, 0.29) is 17.2 Å². The van der Waals surface area contributed by atoms with Gasteiger partial charge < -0.3 is 10.2 Å². The average Bonchev–Trinajstić information content (AvgIpc) is 2.46. The predicted octanol–water partition coefficient (Wildman–Crippen LogP) is 1.94. The van der Waals surface area contributed by atoms with Gasteiger partial charge in [0.15, 0.2) is 0 Å². The normalized spacial score (nSPS) is 29.3. The van der Waals surface area contributed by atoms with E-state index in [4.69, 9.17) is 0 Å². The third kappa shape index (κ3) is 3.28. The smallest absolute Gasteiger partial charge is 0.226 e. The number of nitrogens with one attached hydrogen (secondary N) is 1. The summed E-state index contributed by atoms with van der Waals surface area (Å²) in [6.07, 6.45) is 4.17. The molecule has 0 aliphatic carbocycles. The van der Waals surface area contributed by atoms with Crippen molar-refractivity contribution in [1.29, 1.82) is 0 Å². The summed E-state index contributed by atoms with van der Waals surface area (Å²) in [6, 6.07) is 0. The molecule has 0 aromatic rings. The number of hydrogen-bond acceptors (Lipinski definition) is 2. The van der Waals surface area contributed by atoms with Gasteiger partial charge in [0.1, 0.15) is 0 Å². The Balaban J connectivity index is 2.06. The van der Waals surface area contributed by atoms with E-state index in [0.717, 1.165) is 45.3 Å². The number of piperidine rings is 1. The molecule has 0 aromatic carbocycles. The second-order valence-electron chi connectivity index (χ2n) is 7.30. The van der Waals surface area contributed by atoms with Crippen molar-refractivity contribution in [1.82, 2.24) is 10.2 Å². The minimum Gasteiger partial charge on any atom is -0.356 e. The van der Waals surface area contributed by atoms with Gasteiger partial charge in [-0.15, -0.1) is 0 Å². The first kappa shape index (κ1) is 14.4. The Bertz CT molecular complexity index is 373. The lowest BCUT2D eigenvalue weighted by Gasteiger charge is -2.41. The largest absolute Gasteiger partial charge is 0.356 e. The molecule has 2 rings (SSSR count). The molecule has 0 aromatic heterocycles. The van der Waals surface area contributed by atoms with Crippen molar-refractivity contribution < 1.29 is 9.59 Å². The first-order valence-corrected chi connectivity index (χ1v) is 7.39. The lowest BCUT2D eigenvalue weighted by atomic mass is 9.73. The summed E-state index contributed by atoms with van der Waals surface area (Å²) in [6.45, 7) is 8.70. The topological polar surface area (TPSA) is 49.4 Å². The Kier molecular flexibility index (Phi) is 3.88. The van der Waals surface area contributed by atoms with Crippen molar-refractivity contribution in [3.63, 3.8) is 0 Å². The van der Waals surface area contributed by atoms with Gasteiger partial charge in [-0.25, -0.2) is 0 Å². The lowest BCUT2D eigenvalue weighted by molar-refractivity contribution is -0.148. The molecule has 0 radical (unpaired) electrons. The molecule has 2 amide bonds. The number of amides is 2. The van der Waals surface area contributed by atoms with Crippen LogP contribution in [0.3, 0.4) is 0 Å². The molecule has 1 N–H and O–H groups in total. The number of carbonyl (C=O) groups excluding carboxylic acids is 2. The summed E-state index contributed by atoms with van der Waals surface area (Å²) >= 11 is 0. The molecule has 19 heavy (non-hydrogen) atoms. The third-order valence-electron chi connectivity index (χ3n) is 4.22. The highest BCUT2D eigenvalue weighted by Gasteiger charge is 2.45. The zero-order valence-electron chi connectivity index (χ0n) is 12.4. The van der Waals surface area contributed by atoms with Crippen LogP contribution in [-0.2, 0) is 9.59 Å². The lowest BCUT2D eigenvalue weighted by Crippen LogP contribution is -2.52. The van der Waals surface area contributed by atoms with Crippen LogP contribution in [0.25, 0.3) is 0 Å². The van der Waals surface area contributed by atoms with Gasteiger partial charge in [-0.3, -0.25) is 9.59 Å². The van der Waals surface area contributed by atoms with E-state index in [2.05, 4.69) is 26.1 Å². The van der Waals surface area contributed by atoms with Gasteiger partial charge in [0.05, 0.1) is 5.41 Å². The monoisotopic (exact) mass is 266 g/mol. The maximum atomic E-state index is 12.3. The van der Waals surface area contributed by atoms with Crippen molar-refractivity contribution >= 4 is 11.8 Å². The minimum absolute atomic E-state index is 0.105. The summed E-state index contributed by atoms with van der Waals surface area (Å²) in [5.74, 6) is 0.256. The van der Waals surface area contributed by atoms with Crippen LogP contribution < -0.4 is 5.32 Å². The molecule has 1 atom stereocenters. The van der Waals surface area contributed by atoms with E-state index in [1.54, 1.807) is 0 Å². The summed E-state index contributed by atoms with van der Waals surface area (Å²) in [5.41, 5.74) is -0.298. The van der Waals surface area contributed by atoms with Crippen molar-refractivity contribution in [2.45, 2.75) is 52.9 Å². The van der Waals surface area contributed by atoms with Gasteiger partial charge >= 0.3 is 0 Å². The zero-order chi connectivity index (χ0) is 14.1. The standard InChI is InChI=1S/C15H26N2O2/c1-14(2,3)11-17-9-7-15(10-12(17)18)6-4-5-8-16-13(15)19/h4-11H2,1-3H3,(H,16,19). The van der Waals surface area contributed by atoms with Crippen LogP contribution in [0.5, 0.6) is 0 Å². The fourth-order valence-electron chi connectivity index (χ4n) is 3.20. The van der Waals surface area contributed by atoms with Crippen LogP contribution in [0.4, 0.5) is 0 Å². The number of nitrogens with zero attached hydrogens (tertiary/aromatic N) is 1. The van der Waals surface area contributed by atoms with Crippen molar-refractivity contribution in [3.8, 4) is 0 Å². The molecule has 1 spiro atoms. The van der Waals surface area contributed by atoms with Crippen LogP contribution in [0.1, 0.15) is 52.9 Å². The van der Waals surface area contributed by atoms with Gasteiger partial charge in [-0.2, -0.15) is 0 Å². The Hall–Kier alpha value is -1.06. The molecular weight excluding hydrogens is 240 g/mol. The molecule has 2 heterocycles. The summed E-state index contributed by atoms with van der Waals surface area (Å²) in [7, 11) is 0. The van der Waals surface area contributed by atoms with Crippen LogP contribution in [0.15, 0.2) is 0 Å². The van der Waals surface area contributed by atoms with Gasteiger partial charge in [0.25, 0.3) is 0 Å². The molecule has 2 aliphatic heterocycles. The average molecular weight is 266 g/mol. The molecule has 4 heteroatoms. The fraction of sp³-hybridized carbons (Fsp3) is 0.867.